The number of nitrogens with zero attached hydrogens (tertiary/aromatic N) is 3. The minimum absolute atomic E-state index is 0.0643. The number of piperidine rings is 2. The van der Waals surface area contributed by atoms with Crippen LogP contribution in [0.4, 0.5) is 5.69 Å². The predicted molar refractivity (Wildman–Crippen MR) is 167 cm³/mol. The molecule has 0 unspecified atom stereocenters. The maximum atomic E-state index is 13.7. The number of hydrogen-bond donors (Lipinski definition) is 1. The van der Waals surface area contributed by atoms with Crippen LogP contribution in [0, 0.1) is 18.8 Å². The summed E-state index contributed by atoms with van der Waals surface area (Å²) in [7, 11) is -3.42. The maximum absolute atomic E-state index is 13.7. The van der Waals surface area contributed by atoms with E-state index < -0.39 is 9.84 Å². The Kier molecular flexibility index (Phi) is 11.5. The van der Waals surface area contributed by atoms with Crippen molar-refractivity contribution in [3.63, 3.8) is 0 Å². The van der Waals surface area contributed by atoms with Crippen molar-refractivity contribution in [1.29, 1.82) is 0 Å². The molecule has 2 heterocycles. The normalized spacial score (nSPS) is 17.4. The van der Waals surface area contributed by atoms with E-state index in [4.69, 9.17) is 16.7 Å². The Labute approximate surface area is 255 Å². The van der Waals surface area contributed by atoms with Crippen molar-refractivity contribution in [2.45, 2.75) is 57.3 Å². The van der Waals surface area contributed by atoms with E-state index >= 15 is 0 Å². The lowest BCUT2D eigenvalue weighted by Crippen LogP contribution is -2.45. The third-order valence-corrected chi connectivity index (χ3v) is 10.9. The average molecular weight is 618 g/mol. The SMILES string of the molecule is CC(=O)N1CCC(C(=O)N(CCCN2CCC(Cc3ccc(S(=O)(=O)CCO)cc3)CC2)c2ccc(C)c(Cl)c2)CC1. The summed E-state index contributed by atoms with van der Waals surface area (Å²) in [5, 5.41) is 9.65. The number of carbonyl (C=O) groups excluding carboxylic acids is 2. The molecule has 1 N–H and O–H groups in total. The van der Waals surface area contributed by atoms with E-state index in [-0.39, 0.29) is 35.0 Å². The van der Waals surface area contributed by atoms with E-state index in [1.54, 1.807) is 19.1 Å². The molecule has 0 saturated carbocycles. The molecule has 2 aromatic rings. The molecule has 2 aromatic carbocycles. The van der Waals surface area contributed by atoms with Crippen LogP contribution < -0.4 is 4.90 Å². The van der Waals surface area contributed by atoms with Gasteiger partial charge in [-0.15, -0.1) is 0 Å². The Morgan fingerprint density at radius 2 is 1.67 bits per heavy atom. The van der Waals surface area contributed by atoms with E-state index in [2.05, 4.69) is 4.90 Å². The monoisotopic (exact) mass is 617 g/mol. The standard InChI is InChI=1S/C32H44ClN3O5S/c1-24-4-7-29(23-31(24)33)36(32(39)28-12-18-35(19-13-28)25(2)38)15-3-14-34-16-10-27(11-17-34)22-26-5-8-30(9-6-26)42(40,41)21-20-37/h4-9,23,27-28,37H,3,10-22H2,1-2H3. The minimum atomic E-state index is -3.42. The molecule has 0 bridgehead atoms. The van der Waals surface area contributed by atoms with Gasteiger partial charge in [0, 0.05) is 43.2 Å². The molecule has 0 radical (unpaired) electrons. The topological polar surface area (TPSA) is 98.2 Å². The lowest BCUT2D eigenvalue weighted by molar-refractivity contribution is -0.133. The largest absolute Gasteiger partial charge is 0.395 e. The molecule has 4 rings (SSSR count). The fraction of sp³-hybridized carbons (Fsp3) is 0.562. The molecular formula is C32H44ClN3O5S. The molecule has 0 atom stereocenters. The van der Waals surface area contributed by atoms with Gasteiger partial charge >= 0.3 is 0 Å². The average Bonchev–Trinajstić information content (AvgIpc) is 2.98. The van der Waals surface area contributed by atoms with Crippen LogP contribution in [0.15, 0.2) is 47.4 Å². The summed E-state index contributed by atoms with van der Waals surface area (Å²) in [6.45, 7) is 7.94. The van der Waals surface area contributed by atoms with Crippen molar-refractivity contribution in [2.24, 2.45) is 11.8 Å². The molecule has 230 valence electrons. The summed E-state index contributed by atoms with van der Waals surface area (Å²) < 4.78 is 24.3. The van der Waals surface area contributed by atoms with E-state index in [0.29, 0.717) is 43.4 Å². The van der Waals surface area contributed by atoms with Crippen molar-refractivity contribution in [3.8, 4) is 0 Å². The number of hydrogen-bond acceptors (Lipinski definition) is 6. The summed E-state index contributed by atoms with van der Waals surface area (Å²) in [5.41, 5.74) is 2.95. The van der Waals surface area contributed by atoms with Gasteiger partial charge in [-0.25, -0.2) is 8.42 Å². The van der Waals surface area contributed by atoms with Crippen LogP contribution >= 0.6 is 11.6 Å². The molecule has 2 saturated heterocycles. The predicted octanol–water partition coefficient (Wildman–Crippen LogP) is 4.35. The van der Waals surface area contributed by atoms with Crippen molar-refractivity contribution in [1.82, 2.24) is 9.80 Å². The van der Waals surface area contributed by atoms with Gasteiger partial charge in [-0.05, 0) is 106 Å². The summed E-state index contributed by atoms with van der Waals surface area (Å²) in [6.07, 6.45) is 5.31. The van der Waals surface area contributed by atoms with Crippen LogP contribution in [0.2, 0.25) is 5.02 Å². The Morgan fingerprint density at radius 1 is 1.00 bits per heavy atom. The quantitative estimate of drug-likeness (QED) is 0.403. The number of benzene rings is 2. The number of aliphatic hydroxyl groups excluding tert-OH is 1. The second-order valence-corrected chi connectivity index (χ2v) is 14.2. The zero-order chi connectivity index (χ0) is 30.3. The van der Waals surface area contributed by atoms with E-state index in [1.165, 1.54) is 0 Å². The van der Waals surface area contributed by atoms with Crippen LogP contribution in [0.5, 0.6) is 0 Å². The fourth-order valence-electron chi connectivity index (χ4n) is 6.05. The Morgan fingerprint density at radius 3 is 2.26 bits per heavy atom. The number of carbonyl (C=O) groups is 2. The fourth-order valence-corrected chi connectivity index (χ4v) is 7.25. The van der Waals surface area contributed by atoms with Gasteiger partial charge in [-0.3, -0.25) is 9.59 Å². The highest BCUT2D eigenvalue weighted by Crippen LogP contribution is 2.28. The molecule has 2 amide bonds. The zero-order valence-electron chi connectivity index (χ0n) is 24.8. The van der Waals surface area contributed by atoms with Gasteiger partial charge in [0.1, 0.15) is 0 Å². The highest BCUT2D eigenvalue weighted by atomic mass is 35.5. The number of aliphatic hydroxyl groups is 1. The summed E-state index contributed by atoms with van der Waals surface area (Å²) in [4.78, 5) is 31.9. The second-order valence-electron chi connectivity index (χ2n) is 11.7. The molecule has 8 nitrogen and oxygen atoms in total. The van der Waals surface area contributed by atoms with Crippen LogP contribution in [0.1, 0.15) is 50.2 Å². The summed E-state index contributed by atoms with van der Waals surface area (Å²) in [6, 6.07) is 12.9. The van der Waals surface area contributed by atoms with E-state index in [9.17, 15) is 18.0 Å². The highest BCUT2D eigenvalue weighted by Gasteiger charge is 2.30. The molecule has 0 spiro atoms. The number of aryl methyl sites for hydroxylation is 1. The second kappa shape index (κ2) is 14.8. The van der Waals surface area contributed by atoms with Gasteiger partial charge in [0.2, 0.25) is 11.8 Å². The number of anilines is 1. The van der Waals surface area contributed by atoms with Gasteiger partial charge in [0.05, 0.1) is 17.3 Å². The van der Waals surface area contributed by atoms with Crippen LogP contribution in [0.25, 0.3) is 0 Å². The highest BCUT2D eigenvalue weighted by molar-refractivity contribution is 7.91. The molecule has 0 aromatic heterocycles. The van der Waals surface area contributed by atoms with Gasteiger partial charge in [-0.2, -0.15) is 0 Å². The third-order valence-electron chi connectivity index (χ3n) is 8.75. The first-order valence-corrected chi connectivity index (χ1v) is 17.1. The van der Waals surface area contributed by atoms with Crippen LogP contribution in [-0.2, 0) is 25.8 Å². The summed E-state index contributed by atoms with van der Waals surface area (Å²) >= 11 is 6.44. The number of amides is 2. The Bertz CT molecular complexity index is 1320. The van der Waals surface area contributed by atoms with Crippen molar-refractivity contribution < 1.29 is 23.1 Å². The molecule has 10 heteroatoms. The first-order chi connectivity index (χ1) is 20.1. The lowest BCUT2D eigenvalue weighted by atomic mass is 9.90. The molecule has 2 aliphatic rings. The molecular weight excluding hydrogens is 574 g/mol. The Balaban J connectivity index is 1.28. The van der Waals surface area contributed by atoms with Gasteiger partial charge in [0.25, 0.3) is 0 Å². The smallest absolute Gasteiger partial charge is 0.230 e. The van der Waals surface area contributed by atoms with Gasteiger partial charge in [-0.1, -0.05) is 29.8 Å². The van der Waals surface area contributed by atoms with Gasteiger partial charge in [0.15, 0.2) is 9.84 Å². The number of likely N-dealkylation sites (tertiary alicyclic amines) is 2. The number of halogens is 1. The minimum Gasteiger partial charge on any atom is -0.395 e. The van der Waals surface area contributed by atoms with E-state index in [1.807, 2.05) is 47.1 Å². The van der Waals surface area contributed by atoms with Gasteiger partial charge < -0.3 is 19.8 Å². The summed E-state index contributed by atoms with van der Waals surface area (Å²) in [5.74, 6) is 0.382. The maximum Gasteiger partial charge on any atom is 0.230 e. The Hall–Kier alpha value is -2.46. The van der Waals surface area contributed by atoms with Crippen LogP contribution in [-0.4, -0.2) is 86.8 Å². The van der Waals surface area contributed by atoms with Crippen molar-refractivity contribution >= 4 is 38.9 Å². The first kappa shape index (κ1) is 32.5. The molecule has 2 aliphatic heterocycles. The lowest BCUT2D eigenvalue weighted by Gasteiger charge is -2.35. The number of sulfone groups is 1. The number of rotatable bonds is 11. The third kappa shape index (κ3) is 8.56. The van der Waals surface area contributed by atoms with Crippen LogP contribution in [0.3, 0.4) is 0 Å². The first-order valence-electron chi connectivity index (χ1n) is 15.1. The van der Waals surface area contributed by atoms with Crippen molar-refractivity contribution in [2.75, 3.05) is 56.5 Å². The zero-order valence-corrected chi connectivity index (χ0v) is 26.4. The van der Waals surface area contributed by atoms with E-state index in [0.717, 1.165) is 62.1 Å². The molecule has 42 heavy (non-hydrogen) atoms. The molecule has 2 fully saturated rings. The van der Waals surface area contributed by atoms with Crippen molar-refractivity contribution in [3.05, 3.63) is 58.6 Å². The molecule has 0 aliphatic carbocycles.